The maximum absolute atomic E-state index is 14.0. The van der Waals surface area contributed by atoms with Gasteiger partial charge in [-0.1, -0.05) is 82.1 Å². The molecule has 0 heterocycles. The van der Waals surface area contributed by atoms with Crippen molar-refractivity contribution < 1.29 is 145 Å². The lowest BCUT2D eigenvalue weighted by Gasteiger charge is -2.14. The Kier molecular flexibility index (Phi) is 43.4. The predicted octanol–water partition coefficient (Wildman–Crippen LogP) is 27.5. The fourth-order valence-corrected chi connectivity index (χ4v) is 13.0. The summed E-state index contributed by atoms with van der Waals surface area (Å²) < 4.78 is 189. The Labute approximate surface area is 815 Å². The third-order valence-electron chi connectivity index (χ3n) is 20.3. The summed E-state index contributed by atoms with van der Waals surface area (Å²) in [7, 11) is 7.26. The van der Waals surface area contributed by atoms with Crippen molar-refractivity contribution >= 4 is 87.1 Å². The van der Waals surface area contributed by atoms with Crippen LogP contribution in [0.15, 0.2) is 193 Å². The minimum Gasteiger partial charge on any atom is -0.486 e. The first-order valence-electron chi connectivity index (χ1n) is 41.3. The van der Waals surface area contributed by atoms with E-state index in [-0.39, 0.29) is 97.0 Å². The fraction of sp³-hybridized carbons (Fsp3) is 0.243. The van der Waals surface area contributed by atoms with Crippen LogP contribution in [0.1, 0.15) is 106 Å². The zero-order valence-corrected chi connectivity index (χ0v) is 82.7. The highest BCUT2D eigenvalue weighted by molar-refractivity contribution is 14.1. The van der Waals surface area contributed by atoms with Gasteiger partial charge in [-0.3, -0.25) is 0 Å². The van der Waals surface area contributed by atoms with E-state index in [1.54, 1.807) is 122 Å². The van der Waals surface area contributed by atoms with Crippen LogP contribution in [0.3, 0.4) is 0 Å². The van der Waals surface area contributed by atoms with E-state index in [4.69, 9.17) is 68.4 Å². The zero-order chi connectivity index (χ0) is 101. The highest BCUT2D eigenvalue weighted by Gasteiger charge is 2.23. The fourth-order valence-electron chi connectivity index (χ4n) is 11.7. The first-order chi connectivity index (χ1) is 65.1. The topological polar surface area (TPSA) is 269 Å². The van der Waals surface area contributed by atoms with Crippen molar-refractivity contribution in [2.45, 2.75) is 130 Å². The van der Waals surface area contributed by atoms with Crippen LogP contribution in [0.2, 0.25) is 5.02 Å². The van der Waals surface area contributed by atoms with Crippen LogP contribution in [0, 0.1) is 134 Å². The lowest BCUT2D eigenvalue weighted by Crippen LogP contribution is -2.11. The summed E-state index contributed by atoms with van der Waals surface area (Å²) >= 11 is 11.6. The molecule has 0 fully saturated rings. The minimum absolute atomic E-state index is 0.000344. The summed E-state index contributed by atoms with van der Waals surface area (Å²) in [5.74, 6) is -1.15. The summed E-state index contributed by atoms with van der Waals surface area (Å²) in [4.78, 5) is 67.6. The lowest BCUT2D eigenvalue weighted by atomic mass is 10.1. The molecule has 0 atom stereocenters. The lowest BCUT2D eigenvalue weighted by molar-refractivity contribution is 0.119. The Morgan fingerprint density at radius 1 is 0.248 bits per heavy atom. The number of ether oxygens (including phenoxy) is 18. The molecule has 12 rings (SSSR count). The molecule has 12 aromatic rings. The molecule has 0 aliphatic heterocycles. The van der Waals surface area contributed by atoms with Crippen molar-refractivity contribution in [3.63, 3.8) is 0 Å². The highest BCUT2D eigenvalue weighted by atomic mass is 127. The largest absolute Gasteiger partial charge is 0.513 e. The highest BCUT2D eigenvalue weighted by Crippen LogP contribution is 2.37. The quantitative estimate of drug-likeness (QED) is 0.0179. The van der Waals surface area contributed by atoms with E-state index in [9.17, 15) is 59.5 Å². The van der Waals surface area contributed by atoms with E-state index < -0.39 is 77.7 Å². The van der Waals surface area contributed by atoms with Gasteiger partial charge in [0.25, 0.3) is 0 Å². The molecule has 0 spiro atoms. The van der Waals surface area contributed by atoms with Crippen LogP contribution in [-0.2, 0) is 68.1 Å². The monoisotopic (exact) mass is 2090 g/mol. The predicted molar refractivity (Wildman–Crippen MR) is 508 cm³/mol. The van der Waals surface area contributed by atoms with E-state index in [1.165, 1.54) is 96.2 Å². The summed E-state index contributed by atoms with van der Waals surface area (Å²) in [5.41, 5.74) is 14.4. The summed E-state index contributed by atoms with van der Waals surface area (Å²) in [6.45, 7) is 23.9. The van der Waals surface area contributed by atoms with Crippen LogP contribution in [0.25, 0.3) is 0 Å². The van der Waals surface area contributed by atoms with Crippen molar-refractivity contribution in [2.75, 3.05) is 42.7 Å². The third kappa shape index (κ3) is 33.5. The SMILES string of the molecule is COC(=O)Oc1cccc(Br)c1COc1cc(C)c(C)cc1F.COC(=O)Oc1cccc(C)c1COc1cc(C)c(C)cc1F.COC(=O)Oc1cccc(Cl)c1COc1cc(C)c(C)cc1F.COC(=O)Oc1cccc(F)c1COc1cc(C)c(C)cc1F.COC(=O)Oc1cccc(I)c1COc1cc(C)c(C)cc1F.COC(=O)Oc1ccccc1COc1cc(C)c(C)cc1F. The maximum Gasteiger partial charge on any atom is 0.513 e. The molecule has 0 unspecified atom stereocenters. The molecular weight excluding hydrogens is 2000 g/mol. The van der Waals surface area contributed by atoms with Crippen molar-refractivity contribution in [3.05, 3.63) is 348 Å². The van der Waals surface area contributed by atoms with E-state index >= 15 is 0 Å². The number of carbonyl (C=O) groups is 6. The van der Waals surface area contributed by atoms with Crippen LogP contribution < -0.4 is 56.8 Å². The Balaban J connectivity index is 0.000000224. The molecule has 0 aliphatic rings. The first-order valence-corrected chi connectivity index (χ1v) is 43.5. The van der Waals surface area contributed by atoms with E-state index in [1.807, 2.05) is 95.2 Å². The van der Waals surface area contributed by atoms with Crippen molar-refractivity contribution in [1.29, 1.82) is 0 Å². The molecule has 0 aromatic heterocycles. The number of rotatable bonds is 24. The van der Waals surface area contributed by atoms with E-state index in [2.05, 4.69) is 66.9 Å². The number of para-hydroxylation sites is 1. The first kappa shape index (κ1) is 110. The van der Waals surface area contributed by atoms with Gasteiger partial charge < -0.3 is 85.3 Å². The number of methoxy groups -OCH3 is 6. The van der Waals surface area contributed by atoms with Gasteiger partial charge in [-0.05, 0) is 318 Å². The van der Waals surface area contributed by atoms with Gasteiger partial charge in [0.15, 0.2) is 69.4 Å². The summed E-state index contributed by atoms with van der Waals surface area (Å²) in [6, 6.07) is 49.4. The molecule has 726 valence electrons. The molecule has 0 bridgehead atoms. The Bertz CT molecular complexity index is 5530. The second-order valence-corrected chi connectivity index (χ2v) is 32.2. The van der Waals surface area contributed by atoms with E-state index in [0.29, 0.717) is 54.6 Å². The molecule has 0 N–H and O–H groups in total. The van der Waals surface area contributed by atoms with Crippen LogP contribution in [-0.4, -0.2) is 79.6 Å². The third-order valence-corrected chi connectivity index (χ3v) is 22.4. The molecular formula is C103H100BrClF7IO24. The Morgan fingerprint density at radius 3 is 0.847 bits per heavy atom. The number of benzene rings is 12. The molecule has 0 amide bonds. The number of hydrogen-bond donors (Lipinski definition) is 0. The molecule has 0 aliphatic carbocycles. The van der Waals surface area contributed by atoms with Crippen molar-refractivity contribution in [1.82, 2.24) is 0 Å². The standard InChI is InChI=1S/C18H19FO4.C17H16BrFO4.C17H16ClFO4.C17H16F2O4.C17H16FIO4.C17H17FO4/c1-11-6-5-7-16(23-18(20)21-4)14(11)10-22-17-9-13(3)12(2)8-15(17)19;3*1-10-7-14(19)16(8-11(10)2)22-9-12-13(18)5-4-6-15(12)23-17(20)21-3;1-10-7-13(18)16(8-11(10)2)22-9-12-14(19)5-4-6-15(12)23-17(20)21-3;1-11-8-14(18)16(9-12(11)2)21-10-13-6-4-5-7-15(13)22-17(19)20-3/h5-9H,10H2,1-4H3;4*4-8H,9H2,1-3H3;4-9H,10H2,1-3H3. The van der Waals surface area contributed by atoms with Gasteiger partial charge >= 0.3 is 36.9 Å². The normalized spacial score (nSPS) is 10.3. The van der Waals surface area contributed by atoms with Crippen molar-refractivity contribution in [2.24, 2.45) is 0 Å². The molecule has 24 nitrogen and oxygen atoms in total. The zero-order valence-electron chi connectivity index (χ0n) is 78.2. The molecule has 34 heteroatoms. The van der Waals surface area contributed by atoms with Gasteiger partial charge in [0.1, 0.15) is 80.0 Å². The molecule has 137 heavy (non-hydrogen) atoms. The van der Waals surface area contributed by atoms with Crippen LogP contribution in [0.4, 0.5) is 59.5 Å². The molecule has 12 aromatic carbocycles. The van der Waals surface area contributed by atoms with Gasteiger partial charge in [0.2, 0.25) is 0 Å². The molecule has 0 radical (unpaired) electrons. The van der Waals surface area contributed by atoms with Gasteiger partial charge in [0, 0.05) is 30.3 Å². The van der Waals surface area contributed by atoms with Gasteiger partial charge in [-0.25, -0.2) is 59.5 Å². The minimum atomic E-state index is -0.978. The maximum atomic E-state index is 14.0. The Morgan fingerprint density at radius 2 is 0.489 bits per heavy atom. The number of hydrogen-bond acceptors (Lipinski definition) is 24. The van der Waals surface area contributed by atoms with Gasteiger partial charge in [-0.2, -0.15) is 0 Å². The smallest absolute Gasteiger partial charge is 0.486 e. The van der Waals surface area contributed by atoms with Crippen LogP contribution in [0.5, 0.6) is 69.0 Å². The number of aryl methyl sites for hydroxylation is 13. The van der Waals surface area contributed by atoms with E-state index in [0.717, 1.165) is 83.0 Å². The van der Waals surface area contributed by atoms with Gasteiger partial charge in [0.05, 0.1) is 58.8 Å². The average Bonchev–Trinajstić information content (AvgIpc) is 0.837. The average molecular weight is 2100 g/mol. The summed E-state index contributed by atoms with van der Waals surface area (Å²) in [6.07, 6.45) is -5.12. The summed E-state index contributed by atoms with van der Waals surface area (Å²) in [5, 5.41) is 0.343. The Hall–Kier alpha value is -13.9. The molecule has 0 saturated carbocycles. The van der Waals surface area contributed by atoms with Crippen molar-refractivity contribution in [3.8, 4) is 69.0 Å². The second-order valence-electron chi connectivity index (χ2n) is 29.8. The molecule has 0 saturated heterocycles. The second kappa shape index (κ2) is 54.0. The number of carbonyl (C=O) groups excluding carboxylic acids is 6. The van der Waals surface area contributed by atoms with Crippen LogP contribution >= 0.6 is 50.1 Å². The number of halogens is 10. The van der Waals surface area contributed by atoms with Gasteiger partial charge in [-0.15, -0.1) is 0 Å².